The molecule has 0 amide bonds. The maximum Gasteiger partial charge on any atom is 0.119 e. The lowest BCUT2D eigenvalue weighted by atomic mass is 10.0. The van der Waals surface area contributed by atoms with Gasteiger partial charge in [-0.05, 0) is 53.6 Å². The van der Waals surface area contributed by atoms with E-state index in [1.165, 1.54) is 16.3 Å². The van der Waals surface area contributed by atoms with Crippen LogP contribution in [0.3, 0.4) is 0 Å². The van der Waals surface area contributed by atoms with Gasteiger partial charge in [0.25, 0.3) is 0 Å². The maximum atomic E-state index is 5.27. The van der Waals surface area contributed by atoms with E-state index >= 15 is 0 Å². The summed E-state index contributed by atoms with van der Waals surface area (Å²) in [4.78, 5) is 0. The first-order valence-corrected chi connectivity index (χ1v) is 7.15. The molecule has 0 bridgehead atoms. The van der Waals surface area contributed by atoms with E-state index in [-0.39, 0.29) is 6.04 Å². The average molecular weight is 277 g/mol. The molecule has 0 aromatic heterocycles. The number of nitrogens with one attached hydrogen (secondary N) is 1. The molecule has 0 aliphatic rings. The molecule has 0 saturated carbocycles. The molecule has 0 aliphatic heterocycles. The van der Waals surface area contributed by atoms with Gasteiger partial charge in [0.05, 0.1) is 7.11 Å². The van der Waals surface area contributed by atoms with Crippen LogP contribution in [0.5, 0.6) is 5.75 Å². The summed E-state index contributed by atoms with van der Waals surface area (Å²) in [5, 5.41) is 5.95. The molecule has 1 unspecified atom stereocenters. The molecule has 3 rings (SSSR count). The van der Waals surface area contributed by atoms with Crippen molar-refractivity contribution in [2.45, 2.75) is 13.0 Å². The van der Waals surface area contributed by atoms with Crippen LogP contribution in [-0.4, -0.2) is 7.11 Å². The van der Waals surface area contributed by atoms with Gasteiger partial charge in [-0.25, -0.2) is 0 Å². The first-order chi connectivity index (χ1) is 10.3. The van der Waals surface area contributed by atoms with Gasteiger partial charge in [-0.15, -0.1) is 0 Å². The van der Waals surface area contributed by atoms with E-state index in [0.717, 1.165) is 11.4 Å². The van der Waals surface area contributed by atoms with Gasteiger partial charge in [0.15, 0.2) is 0 Å². The SMILES string of the molecule is COc1ccc2cc(C(C)Nc3ccccc3)ccc2c1. The van der Waals surface area contributed by atoms with E-state index in [1.54, 1.807) is 7.11 Å². The van der Waals surface area contributed by atoms with Crippen molar-refractivity contribution in [1.29, 1.82) is 0 Å². The van der Waals surface area contributed by atoms with Gasteiger partial charge in [-0.2, -0.15) is 0 Å². The van der Waals surface area contributed by atoms with E-state index in [4.69, 9.17) is 4.74 Å². The number of anilines is 1. The predicted molar refractivity (Wildman–Crippen MR) is 89.0 cm³/mol. The molecule has 1 atom stereocenters. The Kier molecular flexibility index (Phi) is 3.78. The Labute approximate surface area is 125 Å². The molecule has 0 saturated heterocycles. The van der Waals surface area contributed by atoms with Crippen molar-refractivity contribution < 1.29 is 4.74 Å². The third kappa shape index (κ3) is 3.00. The highest BCUT2D eigenvalue weighted by Crippen LogP contribution is 2.26. The number of hydrogen-bond donors (Lipinski definition) is 1. The van der Waals surface area contributed by atoms with Crippen LogP contribution in [0, 0.1) is 0 Å². The Balaban J connectivity index is 1.86. The summed E-state index contributed by atoms with van der Waals surface area (Å²) in [6.07, 6.45) is 0. The number of benzene rings is 3. The van der Waals surface area contributed by atoms with Crippen LogP contribution in [0.1, 0.15) is 18.5 Å². The lowest BCUT2D eigenvalue weighted by molar-refractivity contribution is 0.415. The van der Waals surface area contributed by atoms with Crippen LogP contribution in [0.2, 0.25) is 0 Å². The zero-order chi connectivity index (χ0) is 14.7. The van der Waals surface area contributed by atoms with Crippen LogP contribution in [0.4, 0.5) is 5.69 Å². The Bertz CT molecular complexity index is 737. The van der Waals surface area contributed by atoms with Crippen molar-refractivity contribution in [3.8, 4) is 5.75 Å². The predicted octanol–water partition coefficient (Wildman–Crippen LogP) is 5.02. The Morgan fingerprint density at radius 2 is 1.57 bits per heavy atom. The van der Waals surface area contributed by atoms with Gasteiger partial charge in [-0.3, -0.25) is 0 Å². The summed E-state index contributed by atoms with van der Waals surface area (Å²) < 4.78 is 5.27. The molecule has 21 heavy (non-hydrogen) atoms. The van der Waals surface area contributed by atoms with Gasteiger partial charge in [0, 0.05) is 11.7 Å². The Hall–Kier alpha value is -2.48. The molecular formula is C19H19NO. The molecule has 2 heteroatoms. The molecule has 3 aromatic carbocycles. The topological polar surface area (TPSA) is 21.3 Å². The van der Waals surface area contributed by atoms with Crippen LogP contribution < -0.4 is 10.1 Å². The maximum absolute atomic E-state index is 5.27. The third-order valence-electron chi connectivity index (χ3n) is 3.73. The first kappa shape index (κ1) is 13.5. The largest absolute Gasteiger partial charge is 0.497 e. The quantitative estimate of drug-likeness (QED) is 0.723. The summed E-state index contributed by atoms with van der Waals surface area (Å²) in [7, 11) is 1.70. The van der Waals surface area contributed by atoms with Crippen LogP contribution in [-0.2, 0) is 0 Å². The van der Waals surface area contributed by atoms with E-state index in [2.05, 4.69) is 54.7 Å². The molecule has 0 fully saturated rings. The van der Waals surface area contributed by atoms with Gasteiger partial charge in [-0.1, -0.05) is 36.4 Å². The summed E-state index contributed by atoms with van der Waals surface area (Å²) in [5.74, 6) is 0.894. The molecule has 2 nitrogen and oxygen atoms in total. The first-order valence-electron chi connectivity index (χ1n) is 7.15. The number of para-hydroxylation sites is 1. The van der Waals surface area contributed by atoms with E-state index < -0.39 is 0 Å². The molecule has 106 valence electrons. The molecule has 1 N–H and O–H groups in total. The van der Waals surface area contributed by atoms with Crippen LogP contribution >= 0.6 is 0 Å². The Morgan fingerprint density at radius 3 is 2.33 bits per heavy atom. The van der Waals surface area contributed by atoms with Crippen LogP contribution in [0.25, 0.3) is 10.8 Å². The highest BCUT2D eigenvalue weighted by atomic mass is 16.5. The number of methoxy groups -OCH3 is 1. The number of ether oxygens (including phenoxy) is 1. The average Bonchev–Trinajstić information content (AvgIpc) is 2.54. The van der Waals surface area contributed by atoms with Crippen molar-refractivity contribution in [2.75, 3.05) is 12.4 Å². The van der Waals surface area contributed by atoms with Crippen molar-refractivity contribution in [2.24, 2.45) is 0 Å². The number of rotatable bonds is 4. The van der Waals surface area contributed by atoms with Crippen molar-refractivity contribution in [3.05, 3.63) is 72.3 Å². The van der Waals surface area contributed by atoms with Crippen LogP contribution in [0.15, 0.2) is 66.7 Å². The van der Waals surface area contributed by atoms with Gasteiger partial charge >= 0.3 is 0 Å². The van der Waals surface area contributed by atoms with Crippen molar-refractivity contribution in [3.63, 3.8) is 0 Å². The lowest BCUT2D eigenvalue weighted by Crippen LogP contribution is -2.06. The van der Waals surface area contributed by atoms with Crippen molar-refractivity contribution in [1.82, 2.24) is 0 Å². The monoisotopic (exact) mass is 277 g/mol. The fourth-order valence-electron chi connectivity index (χ4n) is 2.51. The second kappa shape index (κ2) is 5.88. The highest BCUT2D eigenvalue weighted by molar-refractivity contribution is 5.84. The zero-order valence-corrected chi connectivity index (χ0v) is 12.3. The molecule has 0 spiro atoms. The number of fused-ring (bicyclic) bond motifs is 1. The smallest absolute Gasteiger partial charge is 0.119 e. The second-order valence-corrected chi connectivity index (χ2v) is 5.20. The summed E-state index contributed by atoms with van der Waals surface area (Å²) in [5.41, 5.74) is 2.41. The summed E-state index contributed by atoms with van der Waals surface area (Å²) >= 11 is 0. The third-order valence-corrected chi connectivity index (χ3v) is 3.73. The zero-order valence-electron chi connectivity index (χ0n) is 12.3. The Morgan fingerprint density at radius 1 is 0.857 bits per heavy atom. The van der Waals surface area contributed by atoms with Crippen molar-refractivity contribution >= 4 is 16.5 Å². The lowest BCUT2D eigenvalue weighted by Gasteiger charge is -2.16. The fraction of sp³-hybridized carbons (Fsp3) is 0.158. The van der Waals surface area contributed by atoms with E-state index in [1.807, 2.05) is 24.3 Å². The standard InChI is InChI=1S/C19H19NO/c1-14(20-18-6-4-3-5-7-18)15-8-9-17-13-19(21-2)11-10-16(17)12-15/h3-14,20H,1-2H3. The summed E-state index contributed by atoms with van der Waals surface area (Å²) in [6.45, 7) is 2.18. The normalized spacial score (nSPS) is 12.1. The molecule has 3 aromatic rings. The molecule has 0 heterocycles. The molecular weight excluding hydrogens is 258 g/mol. The van der Waals surface area contributed by atoms with E-state index in [0.29, 0.717) is 0 Å². The summed E-state index contributed by atoms with van der Waals surface area (Å²) in [6, 6.07) is 23.3. The van der Waals surface area contributed by atoms with Gasteiger partial charge in [0.1, 0.15) is 5.75 Å². The number of hydrogen-bond acceptors (Lipinski definition) is 2. The molecule has 0 radical (unpaired) electrons. The molecule has 0 aliphatic carbocycles. The minimum absolute atomic E-state index is 0.263. The van der Waals surface area contributed by atoms with Gasteiger partial charge < -0.3 is 10.1 Å². The minimum Gasteiger partial charge on any atom is -0.497 e. The fourth-order valence-corrected chi connectivity index (χ4v) is 2.51. The minimum atomic E-state index is 0.263. The van der Waals surface area contributed by atoms with Gasteiger partial charge in [0.2, 0.25) is 0 Å². The second-order valence-electron chi connectivity index (χ2n) is 5.20. The highest BCUT2D eigenvalue weighted by Gasteiger charge is 2.06. The van der Waals surface area contributed by atoms with E-state index in [9.17, 15) is 0 Å².